The van der Waals surface area contributed by atoms with Crippen LogP contribution in [0, 0.1) is 0 Å². The molecule has 0 unspecified atom stereocenters. The highest BCUT2D eigenvalue weighted by Crippen LogP contribution is 2.22. The number of carbonyl (C=O) groups is 1. The van der Waals surface area contributed by atoms with Crippen molar-refractivity contribution in [2.75, 3.05) is 18.8 Å². The summed E-state index contributed by atoms with van der Waals surface area (Å²) in [7, 11) is -3.24. The normalized spacial score (nSPS) is 16.7. The lowest BCUT2D eigenvalue weighted by atomic mass is 10.0. The lowest BCUT2D eigenvalue weighted by Crippen LogP contribution is -2.46. The first-order valence-corrected chi connectivity index (χ1v) is 8.78. The van der Waals surface area contributed by atoms with E-state index in [-0.39, 0.29) is 34.8 Å². The molecule has 0 aromatic heterocycles. The zero-order chi connectivity index (χ0) is 16.3. The first kappa shape index (κ1) is 16.6. The van der Waals surface area contributed by atoms with Crippen molar-refractivity contribution in [3.63, 3.8) is 0 Å². The molecule has 3 N–H and O–H groups in total. The van der Waals surface area contributed by atoms with Crippen LogP contribution in [-0.4, -0.2) is 54.3 Å². The van der Waals surface area contributed by atoms with Gasteiger partial charge in [-0.05, 0) is 31.9 Å². The third-order valence-corrected chi connectivity index (χ3v) is 5.11. The van der Waals surface area contributed by atoms with Crippen molar-refractivity contribution in [3.05, 3.63) is 23.8 Å². The maximum Gasteiger partial charge on any atom is 0.254 e. The summed E-state index contributed by atoms with van der Waals surface area (Å²) in [4.78, 5) is 13.9. The standard InChI is InChI=1S/C14H20N2O5S/c1-2-22(20,21)15-11-3-5-16(6-4-11)14(19)10-7-12(17)9-13(18)8-10/h7-9,11,15,17-18H,2-6H2,1H3. The highest BCUT2D eigenvalue weighted by Gasteiger charge is 2.26. The Morgan fingerprint density at radius 3 is 2.27 bits per heavy atom. The van der Waals surface area contributed by atoms with Crippen molar-refractivity contribution in [1.82, 2.24) is 9.62 Å². The van der Waals surface area contributed by atoms with Gasteiger partial charge < -0.3 is 15.1 Å². The molecule has 0 bridgehead atoms. The van der Waals surface area contributed by atoms with E-state index in [0.29, 0.717) is 25.9 Å². The molecule has 1 heterocycles. The molecular weight excluding hydrogens is 308 g/mol. The van der Waals surface area contributed by atoms with Gasteiger partial charge in [0.2, 0.25) is 10.0 Å². The predicted octanol–water partition coefficient (Wildman–Crippen LogP) is 0.642. The molecule has 8 heteroatoms. The van der Waals surface area contributed by atoms with Gasteiger partial charge in [0.1, 0.15) is 11.5 Å². The third kappa shape index (κ3) is 4.11. The summed E-state index contributed by atoms with van der Waals surface area (Å²) in [5.41, 5.74) is 0.213. The van der Waals surface area contributed by atoms with Crippen molar-refractivity contribution in [1.29, 1.82) is 0 Å². The minimum atomic E-state index is -3.24. The number of sulfonamides is 1. The summed E-state index contributed by atoms with van der Waals surface area (Å²) in [5, 5.41) is 18.9. The number of benzene rings is 1. The quantitative estimate of drug-likeness (QED) is 0.752. The monoisotopic (exact) mass is 328 g/mol. The second kappa shape index (κ2) is 6.53. The lowest BCUT2D eigenvalue weighted by molar-refractivity contribution is 0.0710. The van der Waals surface area contributed by atoms with E-state index in [1.54, 1.807) is 11.8 Å². The summed E-state index contributed by atoms with van der Waals surface area (Å²) in [6, 6.07) is 3.59. The van der Waals surface area contributed by atoms with Gasteiger partial charge >= 0.3 is 0 Å². The Morgan fingerprint density at radius 2 is 1.77 bits per heavy atom. The fourth-order valence-electron chi connectivity index (χ4n) is 2.44. The molecule has 0 saturated carbocycles. The van der Waals surface area contributed by atoms with E-state index in [2.05, 4.69) is 4.72 Å². The van der Waals surface area contributed by atoms with Gasteiger partial charge in [0.05, 0.1) is 5.75 Å². The highest BCUT2D eigenvalue weighted by atomic mass is 32.2. The molecule has 0 spiro atoms. The van der Waals surface area contributed by atoms with E-state index < -0.39 is 10.0 Å². The van der Waals surface area contributed by atoms with Crippen LogP contribution >= 0.6 is 0 Å². The molecular formula is C14H20N2O5S. The Hall–Kier alpha value is -1.80. The number of hydrogen-bond donors (Lipinski definition) is 3. The molecule has 122 valence electrons. The molecule has 1 aromatic rings. The molecule has 1 amide bonds. The molecule has 1 aromatic carbocycles. The van der Waals surface area contributed by atoms with Crippen LogP contribution in [0.15, 0.2) is 18.2 Å². The van der Waals surface area contributed by atoms with E-state index in [4.69, 9.17) is 0 Å². The average molecular weight is 328 g/mol. The van der Waals surface area contributed by atoms with Gasteiger partial charge in [-0.2, -0.15) is 0 Å². The maximum absolute atomic E-state index is 12.3. The molecule has 1 aliphatic rings. The second-order valence-electron chi connectivity index (χ2n) is 5.33. The maximum atomic E-state index is 12.3. The molecule has 22 heavy (non-hydrogen) atoms. The number of hydrogen-bond acceptors (Lipinski definition) is 5. The molecule has 1 saturated heterocycles. The van der Waals surface area contributed by atoms with E-state index >= 15 is 0 Å². The van der Waals surface area contributed by atoms with Crippen LogP contribution in [0.25, 0.3) is 0 Å². The average Bonchev–Trinajstić information content (AvgIpc) is 2.46. The Labute approximate surface area is 129 Å². The molecule has 0 radical (unpaired) electrons. The number of phenolic OH excluding ortho intramolecular Hbond substituents is 2. The van der Waals surface area contributed by atoms with Crippen molar-refractivity contribution in [2.45, 2.75) is 25.8 Å². The molecule has 2 rings (SSSR count). The van der Waals surface area contributed by atoms with Gasteiger partial charge in [0.25, 0.3) is 5.91 Å². The van der Waals surface area contributed by atoms with Gasteiger partial charge in [0, 0.05) is 30.8 Å². The van der Waals surface area contributed by atoms with Crippen LogP contribution in [-0.2, 0) is 10.0 Å². The first-order valence-electron chi connectivity index (χ1n) is 7.13. The molecule has 7 nitrogen and oxygen atoms in total. The Morgan fingerprint density at radius 1 is 1.23 bits per heavy atom. The Balaban J connectivity index is 1.98. The van der Waals surface area contributed by atoms with Crippen LogP contribution in [0.2, 0.25) is 0 Å². The van der Waals surface area contributed by atoms with Gasteiger partial charge in [-0.3, -0.25) is 4.79 Å². The number of nitrogens with one attached hydrogen (secondary N) is 1. The van der Waals surface area contributed by atoms with Gasteiger partial charge in [0.15, 0.2) is 0 Å². The topological polar surface area (TPSA) is 107 Å². The van der Waals surface area contributed by atoms with Gasteiger partial charge in [-0.25, -0.2) is 13.1 Å². The smallest absolute Gasteiger partial charge is 0.254 e. The predicted molar refractivity (Wildman–Crippen MR) is 81.3 cm³/mol. The molecule has 0 aliphatic carbocycles. The molecule has 0 atom stereocenters. The summed E-state index contributed by atoms with van der Waals surface area (Å²) in [5.74, 6) is -0.597. The van der Waals surface area contributed by atoms with Crippen LogP contribution in [0.4, 0.5) is 0 Å². The number of phenols is 2. The number of rotatable bonds is 4. The zero-order valence-corrected chi connectivity index (χ0v) is 13.1. The van der Waals surface area contributed by atoms with Crippen LogP contribution < -0.4 is 4.72 Å². The van der Waals surface area contributed by atoms with Gasteiger partial charge in [-0.15, -0.1) is 0 Å². The first-order chi connectivity index (χ1) is 10.3. The molecule has 1 aliphatic heterocycles. The Kier molecular flexibility index (Phi) is 4.92. The number of likely N-dealkylation sites (tertiary alicyclic amines) is 1. The SMILES string of the molecule is CCS(=O)(=O)NC1CCN(C(=O)c2cc(O)cc(O)c2)CC1. The zero-order valence-electron chi connectivity index (χ0n) is 12.3. The lowest BCUT2D eigenvalue weighted by Gasteiger charge is -2.32. The number of nitrogens with zero attached hydrogens (tertiary/aromatic N) is 1. The summed E-state index contributed by atoms with van der Waals surface area (Å²) < 4.78 is 25.7. The van der Waals surface area contributed by atoms with Crippen molar-refractivity contribution < 1.29 is 23.4 Å². The van der Waals surface area contributed by atoms with Crippen LogP contribution in [0.3, 0.4) is 0 Å². The van der Waals surface area contributed by atoms with E-state index in [9.17, 15) is 23.4 Å². The van der Waals surface area contributed by atoms with Crippen LogP contribution in [0.1, 0.15) is 30.1 Å². The van der Waals surface area contributed by atoms with Crippen molar-refractivity contribution >= 4 is 15.9 Å². The molecule has 1 fully saturated rings. The van der Waals surface area contributed by atoms with E-state index in [1.165, 1.54) is 12.1 Å². The van der Waals surface area contributed by atoms with E-state index in [0.717, 1.165) is 6.07 Å². The fourth-order valence-corrected chi connectivity index (χ4v) is 3.35. The minimum Gasteiger partial charge on any atom is -0.508 e. The number of amides is 1. The summed E-state index contributed by atoms with van der Waals surface area (Å²) in [6.07, 6.45) is 1.07. The van der Waals surface area contributed by atoms with E-state index in [1.807, 2.05) is 0 Å². The largest absolute Gasteiger partial charge is 0.508 e. The fraction of sp³-hybridized carbons (Fsp3) is 0.500. The number of aromatic hydroxyl groups is 2. The number of carbonyl (C=O) groups excluding carboxylic acids is 1. The van der Waals surface area contributed by atoms with Crippen molar-refractivity contribution in [3.8, 4) is 11.5 Å². The Bertz CT molecular complexity index is 631. The number of piperidine rings is 1. The van der Waals surface area contributed by atoms with Gasteiger partial charge in [-0.1, -0.05) is 0 Å². The summed E-state index contributed by atoms with van der Waals surface area (Å²) in [6.45, 7) is 2.42. The minimum absolute atomic E-state index is 0.0364. The third-order valence-electron chi connectivity index (χ3n) is 3.66. The van der Waals surface area contributed by atoms with Crippen LogP contribution in [0.5, 0.6) is 11.5 Å². The second-order valence-corrected chi connectivity index (χ2v) is 7.37. The van der Waals surface area contributed by atoms with Crippen molar-refractivity contribution in [2.24, 2.45) is 0 Å². The summed E-state index contributed by atoms with van der Waals surface area (Å²) >= 11 is 0. The highest BCUT2D eigenvalue weighted by molar-refractivity contribution is 7.89.